The molecule has 0 aromatic heterocycles. The molecule has 4 unspecified atom stereocenters. The van der Waals surface area contributed by atoms with Crippen LogP contribution >= 0.6 is 0 Å². The largest absolute Gasteiger partial charge is 0.462 e. The molecular weight excluding hydrogens is 853 g/mol. The number of unbranched alkanes of at least 4 members (excludes halogenated alkanes) is 22. The maximum atomic E-state index is 13.0. The third-order valence-corrected chi connectivity index (χ3v) is 12.4. The van der Waals surface area contributed by atoms with E-state index in [2.05, 4.69) is 38.2 Å². The summed E-state index contributed by atoms with van der Waals surface area (Å²) >= 11 is 0. The van der Waals surface area contributed by atoms with Crippen LogP contribution in [0.3, 0.4) is 0 Å². The van der Waals surface area contributed by atoms with Gasteiger partial charge in [0.05, 0.1) is 19.8 Å². The molecule has 0 bridgehead atoms. The number of rotatable bonds is 40. The van der Waals surface area contributed by atoms with Crippen LogP contribution in [0.2, 0.25) is 0 Å². The summed E-state index contributed by atoms with van der Waals surface area (Å²) in [6.45, 7) is 2.55. The fourth-order valence-corrected chi connectivity index (χ4v) is 8.07. The van der Waals surface area contributed by atoms with Gasteiger partial charge in [-0.1, -0.05) is 147 Å². The molecular formula is C51H92O15. The molecule has 2 heterocycles. The molecule has 2 fully saturated rings. The highest BCUT2D eigenvalue weighted by atomic mass is 16.7. The average molecular weight is 945 g/mol. The van der Waals surface area contributed by atoms with Crippen molar-refractivity contribution in [3.63, 3.8) is 0 Å². The third-order valence-electron chi connectivity index (χ3n) is 12.4. The monoisotopic (exact) mass is 945 g/mol. The molecule has 0 saturated carbocycles. The second-order valence-electron chi connectivity index (χ2n) is 18.3. The van der Waals surface area contributed by atoms with Crippen molar-refractivity contribution in [3.8, 4) is 0 Å². The van der Waals surface area contributed by atoms with Crippen molar-refractivity contribution in [1.82, 2.24) is 0 Å². The van der Waals surface area contributed by atoms with E-state index in [4.69, 9.17) is 28.4 Å². The Balaban J connectivity index is 1.82. The van der Waals surface area contributed by atoms with Crippen molar-refractivity contribution in [3.05, 3.63) is 24.3 Å². The van der Waals surface area contributed by atoms with Crippen molar-refractivity contribution in [2.75, 3.05) is 26.4 Å². The predicted octanol–water partition coefficient (Wildman–Crippen LogP) is 7.16. The average Bonchev–Trinajstić information content (AvgIpc) is 3.31. The van der Waals surface area contributed by atoms with Gasteiger partial charge in [-0.25, -0.2) is 0 Å². The first-order valence-electron chi connectivity index (χ1n) is 25.9. The Morgan fingerprint density at radius 2 is 0.879 bits per heavy atom. The molecule has 0 spiro atoms. The molecule has 2 saturated heterocycles. The van der Waals surface area contributed by atoms with Crippen LogP contribution in [0.1, 0.15) is 194 Å². The zero-order chi connectivity index (χ0) is 48.2. The Kier molecular flexibility index (Phi) is 35.3. The number of ether oxygens (including phenoxy) is 6. The van der Waals surface area contributed by atoms with Crippen LogP contribution in [-0.2, 0) is 38.0 Å². The second-order valence-corrected chi connectivity index (χ2v) is 18.3. The van der Waals surface area contributed by atoms with Gasteiger partial charge in [-0.2, -0.15) is 0 Å². The van der Waals surface area contributed by atoms with Gasteiger partial charge in [0, 0.05) is 12.8 Å². The molecule has 0 radical (unpaired) electrons. The predicted molar refractivity (Wildman–Crippen MR) is 252 cm³/mol. The van der Waals surface area contributed by atoms with E-state index >= 15 is 0 Å². The first-order chi connectivity index (χ1) is 32.0. The number of hydrogen-bond donors (Lipinski definition) is 7. The van der Waals surface area contributed by atoms with Crippen molar-refractivity contribution >= 4 is 11.9 Å². The van der Waals surface area contributed by atoms with Crippen molar-refractivity contribution in [2.45, 2.75) is 261 Å². The molecule has 0 aromatic carbocycles. The molecule has 0 aromatic rings. The lowest BCUT2D eigenvalue weighted by Crippen LogP contribution is -2.61. The van der Waals surface area contributed by atoms with Crippen molar-refractivity contribution in [2.24, 2.45) is 0 Å². The molecule has 15 nitrogen and oxygen atoms in total. The van der Waals surface area contributed by atoms with Crippen LogP contribution in [0.25, 0.3) is 0 Å². The number of aliphatic hydroxyl groups excluding tert-OH is 7. The second kappa shape index (κ2) is 38.8. The van der Waals surface area contributed by atoms with Gasteiger partial charge in [0.25, 0.3) is 0 Å². The minimum absolute atomic E-state index is 0.160. The van der Waals surface area contributed by atoms with Gasteiger partial charge in [-0.05, 0) is 57.8 Å². The Morgan fingerprint density at radius 3 is 1.41 bits per heavy atom. The zero-order valence-corrected chi connectivity index (χ0v) is 40.7. The molecule has 15 heteroatoms. The van der Waals surface area contributed by atoms with Crippen molar-refractivity contribution < 1.29 is 73.8 Å². The number of aliphatic hydroxyl groups is 7. The molecule has 2 aliphatic heterocycles. The molecule has 0 aliphatic carbocycles. The van der Waals surface area contributed by atoms with Gasteiger partial charge in [0.1, 0.15) is 55.4 Å². The van der Waals surface area contributed by atoms with E-state index in [0.717, 1.165) is 44.9 Å². The lowest BCUT2D eigenvalue weighted by atomic mass is 9.98. The van der Waals surface area contributed by atoms with Crippen LogP contribution in [0.4, 0.5) is 0 Å². The molecule has 2 aliphatic rings. The number of carbonyl (C=O) groups is 2. The molecule has 2 rings (SSSR count). The SMILES string of the molecule is CCCC/C=C/CCCCCCCCCCCC(=O)O[C@H](COC(=O)CCCC/C=C/CCCCCCCCCCC)CO[C@@H]1O[C@H](CO[C@@H]2O[C@H](CO)[C@H](O)C(O)C2O)[C@H](O)C(O)C1O. The van der Waals surface area contributed by atoms with Crippen LogP contribution in [0.5, 0.6) is 0 Å². The smallest absolute Gasteiger partial charge is 0.306 e. The summed E-state index contributed by atoms with van der Waals surface area (Å²) in [4.78, 5) is 25.7. The van der Waals surface area contributed by atoms with Gasteiger partial charge in [-0.3, -0.25) is 9.59 Å². The fraction of sp³-hybridized carbons (Fsp3) is 0.882. The van der Waals surface area contributed by atoms with Crippen LogP contribution < -0.4 is 0 Å². The fourth-order valence-electron chi connectivity index (χ4n) is 8.07. The normalized spacial score (nSPS) is 26.3. The third kappa shape index (κ3) is 26.7. The lowest BCUT2D eigenvalue weighted by Gasteiger charge is -2.42. The van der Waals surface area contributed by atoms with Gasteiger partial charge in [0.15, 0.2) is 18.7 Å². The molecule has 7 N–H and O–H groups in total. The Labute approximate surface area is 396 Å². The summed E-state index contributed by atoms with van der Waals surface area (Å²) in [6, 6.07) is 0. The quantitative estimate of drug-likeness (QED) is 0.0184. The summed E-state index contributed by atoms with van der Waals surface area (Å²) in [5, 5.41) is 72.0. The summed E-state index contributed by atoms with van der Waals surface area (Å²) in [6.07, 6.45) is 22.1. The van der Waals surface area contributed by atoms with Crippen LogP contribution in [-0.4, -0.2) is 142 Å². The van der Waals surface area contributed by atoms with Gasteiger partial charge >= 0.3 is 11.9 Å². The Hall–Kier alpha value is -2.02. The first-order valence-corrected chi connectivity index (χ1v) is 25.9. The van der Waals surface area contributed by atoms with E-state index in [1.165, 1.54) is 109 Å². The maximum absolute atomic E-state index is 13.0. The summed E-state index contributed by atoms with van der Waals surface area (Å²) < 4.78 is 33.6. The minimum Gasteiger partial charge on any atom is -0.462 e. The first kappa shape index (κ1) is 60.1. The zero-order valence-electron chi connectivity index (χ0n) is 40.7. The van der Waals surface area contributed by atoms with Crippen molar-refractivity contribution in [1.29, 1.82) is 0 Å². The summed E-state index contributed by atoms with van der Waals surface area (Å²) in [5.41, 5.74) is 0. The van der Waals surface area contributed by atoms with E-state index in [1.807, 2.05) is 0 Å². The van der Waals surface area contributed by atoms with E-state index in [9.17, 15) is 45.3 Å². The molecule has 386 valence electrons. The number of esters is 2. The molecule has 11 atom stereocenters. The van der Waals surface area contributed by atoms with E-state index < -0.39 is 92.7 Å². The number of carbonyl (C=O) groups excluding carboxylic acids is 2. The number of hydrogen-bond acceptors (Lipinski definition) is 15. The molecule has 66 heavy (non-hydrogen) atoms. The number of allylic oxidation sites excluding steroid dienone is 4. The Bertz CT molecular complexity index is 1250. The van der Waals surface area contributed by atoms with Crippen LogP contribution in [0.15, 0.2) is 24.3 Å². The van der Waals surface area contributed by atoms with E-state index in [-0.39, 0.29) is 26.1 Å². The van der Waals surface area contributed by atoms with E-state index in [1.54, 1.807) is 0 Å². The van der Waals surface area contributed by atoms with Gasteiger partial charge < -0.3 is 64.2 Å². The summed E-state index contributed by atoms with van der Waals surface area (Å²) in [5.74, 6) is -0.948. The lowest BCUT2D eigenvalue weighted by molar-refractivity contribution is -0.332. The Morgan fingerprint density at radius 1 is 0.470 bits per heavy atom. The van der Waals surface area contributed by atoms with Crippen LogP contribution in [0, 0.1) is 0 Å². The highest BCUT2D eigenvalue weighted by Gasteiger charge is 2.47. The standard InChI is InChI=1S/C51H92O15/c1-3-5-7-9-11-13-15-17-19-21-23-25-27-29-31-33-42(53)61-36-39(64-43(54)34-32-30-28-26-24-22-20-18-16-14-12-10-8-6-4-2)37-62-50-49(60)47(58)45(56)41(66-50)38-63-51-48(59)46(57)44(55)40(35-52)65-51/h10,12,23,25,39-41,44-52,55-60H,3-9,11,13-22,24,26-38H2,1-2H3/b12-10+,25-23+/t39-,40-,41-,44+,45+,46?,47?,48?,49?,50-,51-/m1/s1. The van der Waals surface area contributed by atoms with E-state index in [0.29, 0.717) is 12.8 Å². The topological polar surface area (TPSA) is 231 Å². The van der Waals surface area contributed by atoms with Gasteiger partial charge in [-0.15, -0.1) is 0 Å². The highest BCUT2D eigenvalue weighted by molar-refractivity contribution is 5.70. The molecule has 0 amide bonds. The maximum Gasteiger partial charge on any atom is 0.306 e. The summed E-state index contributed by atoms with van der Waals surface area (Å²) in [7, 11) is 0. The van der Waals surface area contributed by atoms with Gasteiger partial charge in [0.2, 0.25) is 0 Å². The highest BCUT2D eigenvalue weighted by Crippen LogP contribution is 2.26. The minimum atomic E-state index is -1.77.